The molecule has 0 aliphatic carbocycles. The quantitative estimate of drug-likeness (QED) is 0.627. The van der Waals surface area contributed by atoms with E-state index in [1.807, 2.05) is 11.8 Å². The van der Waals surface area contributed by atoms with Crippen molar-refractivity contribution in [2.45, 2.75) is 45.2 Å². The molecule has 2 N–H and O–H groups in total. The van der Waals surface area contributed by atoms with Crippen molar-refractivity contribution in [3.63, 3.8) is 0 Å². The molecule has 1 aromatic rings. The van der Waals surface area contributed by atoms with Gasteiger partial charge >= 0.3 is 0 Å². The second kappa shape index (κ2) is 7.96. The molecule has 1 heterocycles. The molecule has 0 radical (unpaired) electrons. The maximum absolute atomic E-state index is 12.6. The Morgan fingerprint density at radius 2 is 2.08 bits per heavy atom. The van der Waals surface area contributed by atoms with Crippen LogP contribution in [0.2, 0.25) is 0 Å². The Kier molecular flexibility index (Phi) is 5.95. The van der Waals surface area contributed by atoms with E-state index in [1.165, 1.54) is 25.2 Å². The molecule has 1 saturated heterocycles. The van der Waals surface area contributed by atoms with Crippen LogP contribution in [0.5, 0.6) is 0 Å². The molecule has 8 heteroatoms. The first kappa shape index (κ1) is 18.7. The van der Waals surface area contributed by atoms with Crippen LogP contribution in [0, 0.1) is 10.1 Å². The molecular formula is C17H24N4O4. The molecule has 8 nitrogen and oxygen atoms in total. The summed E-state index contributed by atoms with van der Waals surface area (Å²) in [7, 11) is 1.46. The second-order valence-corrected chi connectivity index (χ2v) is 6.31. The number of nitro benzene ring substituents is 1. The van der Waals surface area contributed by atoms with E-state index in [0.717, 1.165) is 19.3 Å². The lowest BCUT2D eigenvalue weighted by molar-refractivity contribution is -0.384. The van der Waals surface area contributed by atoms with Gasteiger partial charge in [0.25, 0.3) is 11.6 Å². The van der Waals surface area contributed by atoms with Gasteiger partial charge in [-0.1, -0.05) is 0 Å². The number of rotatable bonds is 5. The molecule has 1 aromatic carbocycles. The highest BCUT2D eigenvalue weighted by Gasteiger charge is 2.28. The van der Waals surface area contributed by atoms with Crippen molar-refractivity contribution in [1.29, 1.82) is 0 Å². The van der Waals surface area contributed by atoms with Gasteiger partial charge in [0.05, 0.1) is 4.92 Å². The van der Waals surface area contributed by atoms with Crippen molar-refractivity contribution in [3.8, 4) is 0 Å². The Morgan fingerprint density at radius 3 is 2.68 bits per heavy atom. The normalized spacial score (nSPS) is 18.4. The maximum Gasteiger partial charge on any atom is 0.293 e. The average Bonchev–Trinajstić information content (AvgIpc) is 2.60. The summed E-state index contributed by atoms with van der Waals surface area (Å²) in [5.41, 5.74) is 0.194. The maximum atomic E-state index is 12.6. The smallest absolute Gasteiger partial charge is 0.293 e. The first-order chi connectivity index (χ1) is 11.8. The van der Waals surface area contributed by atoms with E-state index in [1.54, 1.807) is 6.92 Å². The van der Waals surface area contributed by atoms with Gasteiger partial charge < -0.3 is 15.5 Å². The molecule has 1 aliphatic heterocycles. The number of nitro groups is 1. The average molecular weight is 348 g/mol. The third-order valence-corrected chi connectivity index (χ3v) is 4.51. The summed E-state index contributed by atoms with van der Waals surface area (Å²) < 4.78 is 0. The Bertz CT molecular complexity index is 677. The number of benzene rings is 1. The number of carbonyl (C=O) groups is 2. The Balaban J connectivity index is 2.19. The van der Waals surface area contributed by atoms with Crippen molar-refractivity contribution < 1.29 is 14.5 Å². The summed E-state index contributed by atoms with van der Waals surface area (Å²) in [6.45, 7) is 4.42. The predicted molar refractivity (Wildman–Crippen MR) is 94.6 cm³/mol. The lowest BCUT2D eigenvalue weighted by atomic mass is 10.0. The van der Waals surface area contributed by atoms with Gasteiger partial charge in [0.1, 0.15) is 11.7 Å². The fourth-order valence-electron chi connectivity index (χ4n) is 3.06. The van der Waals surface area contributed by atoms with Crippen LogP contribution in [-0.2, 0) is 4.79 Å². The predicted octanol–water partition coefficient (Wildman–Crippen LogP) is 2.16. The molecule has 0 aromatic heterocycles. The fraction of sp³-hybridized carbons (Fsp3) is 0.529. The van der Waals surface area contributed by atoms with Crippen LogP contribution >= 0.6 is 0 Å². The number of piperidine rings is 1. The van der Waals surface area contributed by atoms with Crippen LogP contribution in [0.1, 0.15) is 43.5 Å². The van der Waals surface area contributed by atoms with Crippen LogP contribution in [0.3, 0.4) is 0 Å². The molecule has 2 amide bonds. The van der Waals surface area contributed by atoms with Crippen molar-refractivity contribution >= 4 is 23.2 Å². The number of nitrogens with one attached hydrogen (secondary N) is 2. The summed E-state index contributed by atoms with van der Waals surface area (Å²) in [5.74, 6) is -0.474. The van der Waals surface area contributed by atoms with E-state index in [2.05, 4.69) is 10.6 Å². The van der Waals surface area contributed by atoms with E-state index in [9.17, 15) is 19.7 Å². The number of likely N-dealkylation sites (tertiary alicyclic amines) is 1. The topological polar surface area (TPSA) is 105 Å². The monoisotopic (exact) mass is 348 g/mol. The lowest BCUT2D eigenvalue weighted by Crippen LogP contribution is -2.48. The molecule has 0 bridgehead atoms. The molecule has 2 unspecified atom stereocenters. The van der Waals surface area contributed by atoms with Crippen molar-refractivity contribution in [1.82, 2.24) is 10.2 Å². The van der Waals surface area contributed by atoms with Crippen LogP contribution in [0.25, 0.3) is 0 Å². The Labute approximate surface area is 146 Å². The van der Waals surface area contributed by atoms with Crippen molar-refractivity contribution in [2.24, 2.45) is 0 Å². The first-order valence-corrected chi connectivity index (χ1v) is 8.42. The van der Waals surface area contributed by atoms with Gasteiger partial charge in [-0.05, 0) is 45.2 Å². The molecule has 136 valence electrons. The van der Waals surface area contributed by atoms with E-state index >= 15 is 0 Å². The zero-order valence-electron chi connectivity index (χ0n) is 14.7. The highest BCUT2D eigenvalue weighted by molar-refractivity contribution is 5.95. The Morgan fingerprint density at radius 1 is 1.36 bits per heavy atom. The summed E-state index contributed by atoms with van der Waals surface area (Å²) in [6, 6.07) is 3.75. The third-order valence-electron chi connectivity index (χ3n) is 4.51. The highest BCUT2D eigenvalue weighted by Crippen LogP contribution is 2.27. The van der Waals surface area contributed by atoms with Crippen molar-refractivity contribution in [3.05, 3.63) is 33.9 Å². The number of anilines is 1. The summed E-state index contributed by atoms with van der Waals surface area (Å²) in [4.78, 5) is 36.9. The number of carbonyl (C=O) groups excluding carboxylic acids is 2. The van der Waals surface area contributed by atoms with Crippen LogP contribution in [-0.4, -0.2) is 47.3 Å². The van der Waals surface area contributed by atoms with Gasteiger partial charge in [-0.3, -0.25) is 19.7 Å². The zero-order valence-corrected chi connectivity index (χ0v) is 14.7. The molecule has 25 heavy (non-hydrogen) atoms. The SMILES string of the molecule is CNC(=O)c1ccc(NC(C)C(=O)N2CCCCC2C)c([N+](=O)[O-])c1. The van der Waals surface area contributed by atoms with Crippen molar-refractivity contribution in [2.75, 3.05) is 18.9 Å². The number of hydrogen-bond acceptors (Lipinski definition) is 5. The van der Waals surface area contributed by atoms with Crippen LogP contribution < -0.4 is 10.6 Å². The molecule has 2 rings (SSSR count). The number of amides is 2. The number of hydrogen-bond donors (Lipinski definition) is 2. The minimum atomic E-state index is -0.592. The summed E-state index contributed by atoms with van der Waals surface area (Å²) in [5, 5.41) is 16.7. The van der Waals surface area contributed by atoms with E-state index in [-0.39, 0.29) is 28.9 Å². The van der Waals surface area contributed by atoms with Gasteiger partial charge in [-0.2, -0.15) is 0 Å². The first-order valence-electron chi connectivity index (χ1n) is 8.42. The number of nitrogens with zero attached hydrogens (tertiary/aromatic N) is 2. The van der Waals surface area contributed by atoms with Crippen LogP contribution in [0.15, 0.2) is 18.2 Å². The molecule has 1 aliphatic rings. The molecule has 0 saturated carbocycles. The van der Waals surface area contributed by atoms with Crippen LogP contribution in [0.4, 0.5) is 11.4 Å². The van der Waals surface area contributed by atoms with Gasteiger partial charge in [-0.25, -0.2) is 0 Å². The minimum Gasteiger partial charge on any atom is -0.368 e. The highest BCUT2D eigenvalue weighted by atomic mass is 16.6. The second-order valence-electron chi connectivity index (χ2n) is 6.31. The standard InChI is InChI=1S/C17H24N4O4/c1-11-6-4-5-9-20(11)17(23)12(2)19-14-8-7-13(16(22)18-3)10-15(14)21(24)25/h7-8,10-12,19H,4-6,9H2,1-3H3,(H,18,22). The van der Waals surface area contributed by atoms with E-state index in [4.69, 9.17) is 0 Å². The molecule has 2 atom stereocenters. The Hall–Kier alpha value is -2.64. The van der Waals surface area contributed by atoms with Gasteiger partial charge in [0.2, 0.25) is 5.91 Å². The van der Waals surface area contributed by atoms with Gasteiger partial charge in [-0.15, -0.1) is 0 Å². The zero-order chi connectivity index (χ0) is 18.6. The molecule has 1 fully saturated rings. The summed E-state index contributed by atoms with van der Waals surface area (Å²) >= 11 is 0. The van der Waals surface area contributed by atoms with Gasteiger partial charge in [0.15, 0.2) is 0 Å². The fourth-order valence-corrected chi connectivity index (χ4v) is 3.06. The molecule has 0 spiro atoms. The molecular weight excluding hydrogens is 324 g/mol. The lowest BCUT2D eigenvalue weighted by Gasteiger charge is -2.35. The summed E-state index contributed by atoms with van der Waals surface area (Å²) in [6.07, 6.45) is 3.06. The largest absolute Gasteiger partial charge is 0.368 e. The third kappa shape index (κ3) is 4.26. The minimum absolute atomic E-state index is 0.0723. The van der Waals surface area contributed by atoms with Gasteiger partial charge in [0, 0.05) is 31.3 Å². The van der Waals surface area contributed by atoms with E-state index in [0.29, 0.717) is 6.54 Å². The van der Waals surface area contributed by atoms with E-state index < -0.39 is 16.9 Å².